The number of carboxylic acids is 1. The molecule has 0 radical (unpaired) electrons. The number of ether oxygens (including phenoxy) is 1. The first-order valence-electron chi connectivity index (χ1n) is 6.49. The Kier molecular flexibility index (Phi) is 4.79. The average Bonchev–Trinajstić information content (AvgIpc) is 2.49. The minimum atomic E-state index is -0.925. The molecule has 0 aromatic heterocycles. The molecule has 0 atom stereocenters. The molecule has 0 aliphatic carbocycles. The normalized spacial score (nSPS) is 10.3. The minimum absolute atomic E-state index is 0.116. The van der Waals surface area contributed by atoms with Gasteiger partial charge in [0, 0.05) is 13.1 Å². The summed E-state index contributed by atoms with van der Waals surface area (Å²) in [7, 11) is 1.51. The Morgan fingerprint density at radius 1 is 1.10 bits per heavy atom. The van der Waals surface area contributed by atoms with Crippen molar-refractivity contribution in [2.45, 2.75) is 13.1 Å². The summed E-state index contributed by atoms with van der Waals surface area (Å²) >= 11 is 0. The van der Waals surface area contributed by atoms with Crippen LogP contribution in [0.2, 0.25) is 0 Å². The SMILES string of the molecule is COc1cc(CNCc2ccc(C(=O)O)cc2)ccc1O. The monoisotopic (exact) mass is 287 g/mol. The zero-order valence-corrected chi connectivity index (χ0v) is 11.7. The van der Waals surface area contributed by atoms with Crippen molar-refractivity contribution in [2.75, 3.05) is 7.11 Å². The highest BCUT2D eigenvalue weighted by Gasteiger charge is 2.03. The van der Waals surface area contributed by atoms with Crippen LogP contribution in [0.25, 0.3) is 0 Å². The van der Waals surface area contributed by atoms with Gasteiger partial charge in [0.25, 0.3) is 0 Å². The lowest BCUT2D eigenvalue weighted by atomic mass is 10.1. The van der Waals surface area contributed by atoms with Gasteiger partial charge in [-0.25, -0.2) is 4.79 Å². The summed E-state index contributed by atoms with van der Waals surface area (Å²) in [6, 6.07) is 11.9. The van der Waals surface area contributed by atoms with Gasteiger partial charge < -0.3 is 20.3 Å². The number of carboxylic acid groups (broad SMARTS) is 1. The van der Waals surface area contributed by atoms with Crippen LogP contribution >= 0.6 is 0 Å². The summed E-state index contributed by atoms with van der Waals surface area (Å²) < 4.78 is 5.05. The average molecular weight is 287 g/mol. The van der Waals surface area contributed by atoms with Gasteiger partial charge in [-0.1, -0.05) is 18.2 Å². The largest absolute Gasteiger partial charge is 0.504 e. The second kappa shape index (κ2) is 6.76. The van der Waals surface area contributed by atoms with Gasteiger partial charge in [0.2, 0.25) is 0 Å². The summed E-state index contributed by atoms with van der Waals surface area (Å²) in [6.45, 7) is 1.25. The topological polar surface area (TPSA) is 78.8 Å². The minimum Gasteiger partial charge on any atom is -0.504 e. The number of rotatable bonds is 6. The van der Waals surface area contributed by atoms with Gasteiger partial charge in [0.1, 0.15) is 0 Å². The van der Waals surface area contributed by atoms with E-state index in [-0.39, 0.29) is 11.3 Å². The first kappa shape index (κ1) is 14.9. The van der Waals surface area contributed by atoms with Gasteiger partial charge in [0.05, 0.1) is 12.7 Å². The fourth-order valence-corrected chi connectivity index (χ4v) is 1.95. The Hall–Kier alpha value is -2.53. The smallest absolute Gasteiger partial charge is 0.335 e. The number of aromatic carboxylic acids is 1. The highest BCUT2D eigenvalue weighted by molar-refractivity contribution is 5.87. The van der Waals surface area contributed by atoms with E-state index in [1.54, 1.807) is 36.4 Å². The van der Waals surface area contributed by atoms with Gasteiger partial charge in [0.15, 0.2) is 11.5 Å². The molecule has 2 aromatic rings. The van der Waals surface area contributed by atoms with Crippen LogP contribution in [-0.4, -0.2) is 23.3 Å². The highest BCUT2D eigenvalue weighted by Crippen LogP contribution is 2.26. The fourth-order valence-electron chi connectivity index (χ4n) is 1.95. The number of aromatic hydroxyl groups is 1. The summed E-state index contributed by atoms with van der Waals surface area (Å²) in [5, 5.41) is 21.6. The number of phenolic OH excluding ortho intramolecular Hbond substituents is 1. The van der Waals surface area contributed by atoms with Crippen LogP contribution < -0.4 is 10.1 Å². The van der Waals surface area contributed by atoms with Crippen LogP contribution in [0, 0.1) is 0 Å². The second-order valence-electron chi connectivity index (χ2n) is 4.61. The number of carbonyl (C=O) groups is 1. The molecule has 0 heterocycles. The van der Waals surface area contributed by atoms with E-state index in [1.165, 1.54) is 7.11 Å². The Labute approximate surface area is 122 Å². The first-order valence-corrected chi connectivity index (χ1v) is 6.49. The molecular weight excluding hydrogens is 270 g/mol. The Bertz CT molecular complexity index is 623. The molecule has 5 nitrogen and oxygen atoms in total. The van der Waals surface area contributed by atoms with E-state index >= 15 is 0 Å². The first-order chi connectivity index (χ1) is 10.1. The van der Waals surface area contributed by atoms with Gasteiger partial charge in [-0.15, -0.1) is 0 Å². The van der Waals surface area contributed by atoms with E-state index in [2.05, 4.69) is 5.32 Å². The maximum absolute atomic E-state index is 10.8. The zero-order chi connectivity index (χ0) is 15.2. The maximum atomic E-state index is 10.8. The van der Waals surface area contributed by atoms with Gasteiger partial charge in [-0.3, -0.25) is 0 Å². The number of hydrogen-bond donors (Lipinski definition) is 3. The lowest BCUT2D eigenvalue weighted by molar-refractivity contribution is 0.0697. The Morgan fingerprint density at radius 3 is 2.33 bits per heavy atom. The van der Waals surface area contributed by atoms with E-state index in [9.17, 15) is 9.90 Å². The van der Waals surface area contributed by atoms with Crippen molar-refractivity contribution in [3.8, 4) is 11.5 Å². The van der Waals surface area contributed by atoms with Crippen molar-refractivity contribution in [2.24, 2.45) is 0 Å². The summed E-state index contributed by atoms with van der Waals surface area (Å²) in [6.07, 6.45) is 0. The quantitative estimate of drug-likeness (QED) is 0.760. The molecule has 5 heteroatoms. The number of phenols is 1. The van der Waals surface area contributed by atoms with Crippen molar-refractivity contribution < 1.29 is 19.7 Å². The van der Waals surface area contributed by atoms with E-state index in [0.717, 1.165) is 11.1 Å². The van der Waals surface area contributed by atoms with Crippen molar-refractivity contribution in [1.29, 1.82) is 0 Å². The molecule has 3 N–H and O–H groups in total. The predicted octanol–water partition coefficient (Wildman–Crippen LogP) is 2.39. The van der Waals surface area contributed by atoms with Crippen LogP contribution in [0.3, 0.4) is 0 Å². The van der Waals surface area contributed by atoms with Crippen LogP contribution in [-0.2, 0) is 13.1 Å². The molecule has 110 valence electrons. The molecule has 0 unspecified atom stereocenters. The number of nitrogens with one attached hydrogen (secondary N) is 1. The molecule has 2 aromatic carbocycles. The Morgan fingerprint density at radius 2 is 1.71 bits per heavy atom. The van der Waals surface area contributed by atoms with Crippen molar-refractivity contribution in [3.05, 3.63) is 59.2 Å². The second-order valence-corrected chi connectivity index (χ2v) is 4.61. The van der Waals surface area contributed by atoms with Crippen molar-refractivity contribution in [3.63, 3.8) is 0 Å². The molecule has 0 saturated carbocycles. The molecule has 0 saturated heterocycles. The zero-order valence-electron chi connectivity index (χ0n) is 11.7. The highest BCUT2D eigenvalue weighted by atomic mass is 16.5. The number of benzene rings is 2. The van der Waals surface area contributed by atoms with Crippen LogP contribution in [0.4, 0.5) is 0 Å². The van der Waals surface area contributed by atoms with Gasteiger partial charge in [-0.2, -0.15) is 0 Å². The lowest BCUT2D eigenvalue weighted by Crippen LogP contribution is -2.12. The Balaban J connectivity index is 1.90. The molecule has 0 aliphatic heterocycles. The maximum Gasteiger partial charge on any atom is 0.335 e. The molecule has 0 amide bonds. The van der Waals surface area contributed by atoms with E-state index < -0.39 is 5.97 Å². The molecule has 0 aliphatic rings. The van der Waals surface area contributed by atoms with Gasteiger partial charge >= 0.3 is 5.97 Å². The van der Waals surface area contributed by atoms with E-state index in [4.69, 9.17) is 9.84 Å². The van der Waals surface area contributed by atoms with E-state index in [1.807, 2.05) is 6.07 Å². The molecule has 0 bridgehead atoms. The number of methoxy groups -OCH3 is 1. The fraction of sp³-hybridized carbons (Fsp3) is 0.188. The summed E-state index contributed by atoms with van der Waals surface area (Å²) in [4.78, 5) is 10.8. The van der Waals surface area contributed by atoms with Crippen LogP contribution in [0.5, 0.6) is 11.5 Å². The summed E-state index contributed by atoms with van der Waals surface area (Å²) in [5.74, 6) is -0.365. The van der Waals surface area contributed by atoms with E-state index in [0.29, 0.717) is 18.8 Å². The third-order valence-electron chi connectivity index (χ3n) is 3.10. The van der Waals surface area contributed by atoms with Crippen LogP contribution in [0.15, 0.2) is 42.5 Å². The third kappa shape index (κ3) is 3.97. The molecular formula is C16H17NO4. The molecule has 0 spiro atoms. The lowest BCUT2D eigenvalue weighted by Gasteiger charge is -2.08. The molecule has 2 rings (SSSR count). The predicted molar refractivity (Wildman–Crippen MR) is 78.6 cm³/mol. The third-order valence-corrected chi connectivity index (χ3v) is 3.10. The van der Waals surface area contributed by atoms with Crippen LogP contribution in [0.1, 0.15) is 21.5 Å². The van der Waals surface area contributed by atoms with Gasteiger partial charge in [-0.05, 0) is 35.4 Å². The number of hydrogen-bond acceptors (Lipinski definition) is 4. The molecule has 0 fully saturated rings. The standard InChI is InChI=1S/C16H17NO4/c1-21-15-8-12(4-7-14(15)18)10-17-9-11-2-5-13(6-3-11)16(19)20/h2-8,17-18H,9-10H2,1H3,(H,19,20). The van der Waals surface area contributed by atoms with Crippen molar-refractivity contribution >= 4 is 5.97 Å². The summed E-state index contributed by atoms with van der Waals surface area (Å²) in [5.41, 5.74) is 2.28. The van der Waals surface area contributed by atoms with Crippen molar-refractivity contribution in [1.82, 2.24) is 5.32 Å². The molecule has 21 heavy (non-hydrogen) atoms.